The second-order valence-corrected chi connectivity index (χ2v) is 18.5. The molecular formula is C47H73N2O9+. The zero-order valence-corrected chi connectivity index (χ0v) is 36.0. The van der Waals surface area contributed by atoms with Crippen LogP contribution >= 0.6 is 0 Å². The van der Waals surface area contributed by atoms with Crippen LogP contribution in [0.25, 0.3) is 0 Å². The highest BCUT2D eigenvalue weighted by atomic mass is 16.6. The minimum Gasteiger partial charge on any atom is -0.457 e. The van der Waals surface area contributed by atoms with E-state index in [1.54, 1.807) is 43.1 Å². The van der Waals surface area contributed by atoms with E-state index in [-0.39, 0.29) is 43.3 Å². The molecule has 58 heavy (non-hydrogen) atoms. The normalized spacial score (nSPS) is 32.6. The molecule has 5 rings (SSSR count). The molecule has 0 bridgehead atoms. The molecule has 1 saturated carbocycles. The van der Waals surface area contributed by atoms with Gasteiger partial charge in [0.05, 0.1) is 68.7 Å². The molecule has 10 atom stereocenters. The fourth-order valence-corrected chi connectivity index (χ4v) is 9.44. The van der Waals surface area contributed by atoms with Crippen LogP contribution in [0.4, 0.5) is 4.79 Å². The number of nitrogens with zero attached hydrogens (tertiary/aromatic N) is 2. The van der Waals surface area contributed by atoms with E-state index in [9.17, 15) is 30.0 Å². The number of carbonyl (C=O) groups excluding carboxylic acids is 2. The van der Waals surface area contributed by atoms with Gasteiger partial charge in [-0.05, 0) is 77.4 Å². The topological polar surface area (TPSA) is 149 Å². The third-order valence-electron chi connectivity index (χ3n) is 13.4. The minimum absolute atomic E-state index is 0.0160. The molecule has 324 valence electrons. The van der Waals surface area contributed by atoms with Crippen molar-refractivity contribution in [3.05, 3.63) is 71.8 Å². The summed E-state index contributed by atoms with van der Waals surface area (Å²) >= 11 is 0. The number of epoxide rings is 1. The first kappa shape index (κ1) is 46.0. The minimum atomic E-state index is -1.51. The molecule has 0 unspecified atom stereocenters. The van der Waals surface area contributed by atoms with Crippen LogP contribution < -0.4 is 0 Å². The molecule has 3 aliphatic heterocycles. The van der Waals surface area contributed by atoms with E-state index in [4.69, 9.17) is 14.2 Å². The van der Waals surface area contributed by atoms with Crippen molar-refractivity contribution in [1.29, 1.82) is 0 Å². The van der Waals surface area contributed by atoms with Crippen LogP contribution in [-0.2, 0) is 25.5 Å². The highest BCUT2D eigenvalue weighted by Crippen LogP contribution is 2.38. The molecule has 3 fully saturated rings. The number of esters is 1. The Balaban J connectivity index is 1.27. The van der Waals surface area contributed by atoms with E-state index >= 15 is 0 Å². The molecule has 1 aromatic carbocycles. The number of quaternary nitrogens is 1. The summed E-state index contributed by atoms with van der Waals surface area (Å²) < 4.78 is 18.9. The highest BCUT2D eigenvalue weighted by Gasteiger charge is 2.47. The Morgan fingerprint density at radius 2 is 1.78 bits per heavy atom. The smallest absolute Gasteiger partial charge is 0.410 e. The summed E-state index contributed by atoms with van der Waals surface area (Å²) in [5.74, 6) is -0.960. The van der Waals surface area contributed by atoms with Crippen molar-refractivity contribution in [2.24, 2.45) is 11.8 Å². The molecule has 0 aromatic heterocycles. The third-order valence-corrected chi connectivity index (χ3v) is 13.4. The number of aliphatic hydroxyl groups is 4. The van der Waals surface area contributed by atoms with Gasteiger partial charge in [0.1, 0.15) is 18.2 Å². The number of ether oxygens (including phenoxy) is 3. The predicted molar refractivity (Wildman–Crippen MR) is 224 cm³/mol. The van der Waals surface area contributed by atoms with E-state index in [2.05, 4.69) is 30.3 Å². The van der Waals surface area contributed by atoms with Crippen molar-refractivity contribution in [1.82, 2.24) is 4.90 Å². The van der Waals surface area contributed by atoms with Crippen LogP contribution in [0.2, 0.25) is 0 Å². The van der Waals surface area contributed by atoms with Gasteiger partial charge in [0.25, 0.3) is 0 Å². The number of rotatable bonds is 12. The molecule has 11 nitrogen and oxygen atoms in total. The quantitative estimate of drug-likeness (QED) is 0.0449. The van der Waals surface area contributed by atoms with E-state index < -0.39 is 47.7 Å². The molecular weight excluding hydrogens is 737 g/mol. The number of hydrogen-bond acceptors (Lipinski definition) is 9. The average molecular weight is 810 g/mol. The Bertz CT molecular complexity index is 1560. The van der Waals surface area contributed by atoms with Gasteiger partial charge in [-0.15, -0.1) is 0 Å². The number of carbonyl (C=O) groups is 2. The van der Waals surface area contributed by atoms with Gasteiger partial charge in [0.2, 0.25) is 0 Å². The lowest BCUT2D eigenvalue weighted by Gasteiger charge is -2.49. The standard InChI is InChI=1S/C47H73N2O9/c1-7-39(51)35(4)44-40(56-44)31-46(5,54)24-15-16-33(2)43-34(3)21-22-41(47(6,55)25-23-38(50)30-42(52)58-43)57-45(53)48-26-28-49(29-27-48,32-36-17-11-10-12-18-36)37-19-13-8-9-14-20-37/h10-12,15-18,21-22,24,34-35,37-41,43-44,50-51,54-55H,7-9,13-14,19-20,23,25-32H2,1-6H3/q+1/t34-,35+,38+,39-,40+,41-,43+,44+,46-,47+/m0/s1. The van der Waals surface area contributed by atoms with Crippen molar-refractivity contribution in [2.45, 2.75) is 173 Å². The SMILES string of the molecule is CC[C@H](O)[C@@H](C)[C@H]1O[C@@H]1C[C@@](C)(O)C=CC=C(C)[C@H]1OC(=O)C[C@H](O)CC[C@@](C)(O)[C@@H](OC(=O)N2CC[N+](Cc3ccccc3)(C3CCCCCC3)CC2)C=C[C@@H]1C. The lowest BCUT2D eigenvalue weighted by molar-refractivity contribution is -0.967. The summed E-state index contributed by atoms with van der Waals surface area (Å²) in [7, 11) is 0. The molecule has 1 amide bonds. The first-order chi connectivity index (χ1) is 27.5. The second kappa shape index (κ2) is 20.5. The molecule has 0 radical (unpaired) electrons. The monoisotopic (exact) mass is 810 g/mol. The van der Waals surface area contributed by atoms with Gasteiger partial charge in [-0.2, -0.15) is 0 Å². The zero-order chi connectivity index (χ0) is 42.1. The molecule has 3 heterocycles. The van der Waals surface area contributed by atoms with E-state index in [0.717, 1.165) is 24.1 Å². The van der Waals surface area contributed by atoms with Crippen LogP contribution in [0.15, 0.2) is 66.3 Å². The number of benzene rings is 1. The Morgan fingerprint density at radius 1 is 1.10 bits per heavy atom. The van der Waals surface area contributed by atoms with Crippen molar-refractivity contribution in [3.8, 4) is 0 Å². The van der Waals surface area contributed by atoms with Crippen molar-refractivity contribution in [3.63, 3.8) is 0 Å². The van der Waals surface area contributed by atoms with E-state index in [1.807, 2.05) is 33.8 Å². The van der Waals surface area contributed by atoms with Crippen molar-refractivity contribution >= 4 is 12.1 Å². The summed E-state index contributed by atoms with van der Waals surface area (Å²) in [5.41, 5.74) is -0.642. The molecule has 4 aliphatic rings. The summed E-state index contributed by atoms with van der Waals surface area (Å²) in [5, 5.41) is 43.9. The fraction of sp³-hybridized carbons (Fsp3) is 0.702. The molecule has 1 aromatic rings. The third kappa shape index (κ3) is 12.7. The molecule has 0 spiro atoms. The summed E-state index contributed by atoms with van der Waals surface area (Å²) in [4.78, 5) is 28.7. The van der Waals surface area contributed by atoms with Crippen LogP contribution in [0.1, 0.15) is 118 Å². The Kier molecular flexibility index (Phi) is 16.2. The lowest BCUT2D eigenvalue weighted by atomic mass is 9.88. The Morgan fingerprint density at radius 3 is 2.43 bits per heavy atom. The molecule has 1 aliphatic carbocycles. The number of allylic oxidation sites excluding steroid dienone is 2. The predicted octanol–water partition coefficient (Wildman–Crippen LogP) is 6.76. The van der Waals surface area contributed by atoms with Gasteiger partial charge < -0.3 is 39.1 Å². The van der Waals surface area contributed by atoms with Gasteiger partial charge in [0.15, 0.2) is 6.10 Å². The van der Waals surface area contributed by atoms with Crippen molar-refractivity contribution in [2.75, 3.05) is 26.2 Å². The van der Waals surface area contributed by atoms with Crippen LogP contribution in [0.3, 0.4) is 0 Å². The Hall–Kier alpha value is -3.06. The molecule has 2 saturated heterocycles. The van der Waals surface area contributed by atoms with Crippen LogP contribution in [0.5, 0.6) is 0 Å². The first-order valence-corrected chi connectivity index (χ1v) is 22.1. The first-order valence-electron chi connectivity index (χ1n) is 22.1. The highest BCUT2D eigenvalue weighted by molar-refractivity contribution is 5.70. The summed E-state index contributed by atoms with van der Waals surface area (Å²) in [6, 6.07) is 11.2. The maximum atomic E-state index is 13.9. The van der Waals surface area contributed by atoms with Crippen LogP contribution in [0, 0.1) is 11.8 Å². The maximum Gasteiger partial charge on any atom is 0.410 e. The van der Waals surface area contributed by atoms with E-state index in [0.29, 0.717) is 37.5 Å². The number of hydrogen-bond donors (Lipinski definition) is 4. The van der Waals surface area contributed by atoms with Gasteiger partial charge in [-0.25, -0.2) is 4.79 Å². The number of amides is 1. The fourth-order valence-electron chi connectivity index (χ4n) is 9.44. The molecule has 4 N–H and O–H groups in total. The zero-order valence-electron chi connectivity index (χ0n) is 36.0. The van der Waals surface area contributed by atoms with Gasteiger partial charge in [-0.3, -0.25) is 9.69 Å². The van der Waals surface area contributed by atoms with Gasteiger partial charge in [0, 0.05) is 23.8 Å². The summed E-state index contributed by atoms with van der Waals surface area (Å²) in [6.45, 7) is 14.7. The number of piperazine rings is 1. The Labute approximate surface area is 347 Å². The van der Waals surface area contributed by atoms with Gasteiger partial charge in [-0.1, -0.05) is 88.2 Å². The maximum absolute atomic E-state index is 13.9. The average Bonchev–Trinajstić information content (AvgIpc) is 4.00. The summed E-state index contributed by atoms with van der Waals surface area (Å²) in [6.07, 6.45) is 13.3. The van der Waals surface area contributed by atoms with Crippen LogP contribution in [-0.4, -0.2) is 122 Å². The molecule has 11 heteroatoms. The van der Waals surface area contributed by atoms with Crippen molar-refractivity contribution < 1.29 is 48.7 Å². The number of aliphatic hydroxyl groups excluding tert-OH is 2. The number of cyclic esters (lactones) is 1. The van der Waals surface area contributed by atoms with Gasteiger partial charge >= 0.3 is 12.1 Å². The van der Waals surface area contributed by atoms with E-state index in [1.165, 1.54) is 44.1 Å². The second-order valence-electron chi connectivity index (χ2n) is 18.5. The largest absolute Gasteiger partial charge is 0.457 e. The lowest BCUT2D eigenvalue weighted by Crippen LogP contribution is -2.64.